The molecule has 1 saturated carbocycles. The largest absolute Gasteiger partial charge is 0.313 e. The van der Waals surface area contributed by atoms with E-state index >= 15 is 0 Å². The van der Waals surface area contributed by atoms with Crippen molar-refractivity contribution >= 4 is 0 Å². The third-order valence-corrected chi connectivity index (χ3v) is 5.30. The van der Waals surface area contributed by atoms with Crippen LogP contribution in [0, 0.1) is 11.8 Å². The Morgan fingerprint density at radius 2 is 1.57 bits per heavy atom. The lowest BCUT2D eigenvalue weighted by atomic mass is 9.87. The second-order valence-electron chi connectivity index (χ2n) is 7.21. The number of benzene rings is 1. The van der Waals surface area contributed by atoms with E-state index in [1.54, 1.807) is 0 Å². The Kier molecular flexibility index (Phi) is 6.76. The van der Waals surface area contributed by atoms with E-state index in [-0.39, 0.29) is 0 Å². The van der Waals surface area contributed by atoms with E-state index < -0.39 is 0 Å². The average molecular weight is 287 g/mol. The van der Waals surface area contributed by atoms with Crippen LogP contribution >= 0.6 is 0 Å². The van der Waals surface area contributed by atoms with Gasteiger partial charge in [0.15, 0.2) is 0 Å². The molecule has 0 spiro atoms. The fourth-order valence-corrected chi connectivity index (χ4v) is 3.73. The van der Waals surface area contributed by atoms with Gasteiger partial charge in [0.25, 0.3) is 0 Å². The van der Waals surface area contributed by atoms with Crippen molar-refractivity contribution in [2.24, 2.45) is 11.8 Å². The van der Waals surface area contributed by atoms with Gasteiger partial charge >= 0.3 is 0 Å². The van der Waals surface area contributed by atoms with Crippen LogP contribution in [0.5, 0.6) is 0 Å². The zero-order valence-electron chi connectivity index (χ0n) is 14.1. The van der Waals surface area contributed by atoms with Gasteiger partial charge in [-0.15, -0.1) is 0 Å². The van der Waals surface area contributed by atoms with E-state index in [0.717, 1.165) is 12.5 Å². The second kappa shape index (κ2) is 8.58. The number of nitrogens with one attached hydrogen (secondary N) is 1. The monoisotopic (exact) mass is 287 g/mol. The molecule has 2 atom stereocenters. The minimum Gasteiger partial charge on any atom is -0.313 e. The van der Waals surface area contributed by atoms with Crippen LogP contribution in [-0.4, -0.2) is 12.6 Å². The summed E-state index contributed by atoms with van der Waals surface area (Å²) in [4.78, 5) is 0. The molecular weight excluding hydrogens is 254 g/mol. The third kappa shape index (κ3) is 5.14. The fourth-order valence-electron chi connectivity index (χ4n) is 3.73. The van der Waals surface area contributed by atoms with E-state index in [4.69, 9.17) is 0 Å². The van der Waals surface area contributed by atoms with Crippen LogP contribution in [-0.2, 0) is 0 Å². The molecular formula is C20H33N. The predicted octanol–water partition coefficient (Wildman–Crippen LogP) is 5.37. The first kappa shape index (κ1) is 16.5. The maximum Gasteiger partial charge on any atom is 0.00672 e. The highest BCUT2D eigenvalue weighted by molar-refractivity contribution is 5.20. The van der Waals surface area contributed by atoms with Crippen molar-refractivity contribution in [2.75, 3.05) is 6.54 Å². The van der Waals surface area contributed by atoms with Gasteiger partial charge in [-0.25, -0.2) is 0 Å². The van der Waals surface area contributed by atoms with Crippen LogP contribution in [0.2, 0.25) is 0 Å². The summed E-state index contributed by atoms with van der Waals surface area (Å²) >= 11 is 0. The molecule has 1 N–H and O–H groups in total. The van der Waals surface area contributed by atoms with Crippen LogP contribution in [0.3, 0.4) is 0 Å². The Morgan fingerprint density at radius 1 is 0.952 bits per heavy atom. The molecule has 0 aliphatic heterocycles. The molecule has 1 fully saturated rings. The zero-order valence-corrected chi connectivity index (χ0v) is 14.1. The summed E-state index contributed by atoms with van der Waals surface area (Å²) in [7, 11) is 0. The summed E-state index contributed by atoms with van der Waals surface area (Å²) in [5.74, 6) is 2.19. The van der Waals surface area contributed by atoms with Crippen molar-refractivity contribution in [3.8, 4) is 0 Å². The molecule has 1 aromatic carbocycles. The molecule has 0 saturated heterocycles. The summed E-state index contributed by atoms with van der Waals surface area (Å²) in [5, 5.41) is 3.86. The number of rotatable bonds is 6. The van der Waals surface area contributed by atoms with Crippen LogP contribution in [0.4, 0.5) is 0 Å². The second-order valence-corrected chi connectivity index (χ2v) is 7.21. The Bertz CT molecular complexity index is 376. The lowest BCUT2D eigenvalue weighted by Gasteiger charge is -2.28. The van der Waals surface area contributed by atoms with Crippen molar-refractivity contribution in [3.63, 3.8) is 0 Å². The van der Waals surface area contributed by atoms with Crippen molar-refractivity contribution in [2.45, 2.75) is 71.3 Å². The van der Waals surface area contributed by atoms with Gasteiger partial charge in [-0.3, -0.25) is 0 Å². The number of hydrogen-bond acceptors (Lipinski definition) is 1. The molecule has 0 bridgehead atoms. The van der Waals surface area contributed by atoms with Crippen molar-refractivity contribution in [3.05, 3.63) is 35.9 Å². The SMILES string of the molecule is CC(C)C(CN[C@@H](C)C1CCCCCC1)c1ccccc1. The molecule has 1 nitrogen and oxygen atoms in total. The van der Waals surface area contributed by atoms with E-state index in [1.807, 2.05) is 0 Å². The van der Waals surface area contributed by atoms with Gasteiger partial charge in [0, 0.05) is 12.6 Å². The Balaban J connectivity index is 1.89. The highest BCUT2D eigenvalue weighted by Crippen LogP contribution is 2.27. The van der Waals surface area contributed by atoms with Gasteiger partial charge in [0.2, 0.25) is 0 Å². The summed E-state index contributed by atoms with van der Waals surface area (Å²) in [6, 6.07) is 11.7. The quantitative estimate of drug-likeness (QED) is 0.693. The van der Waals surface area contributed by atoms with E-state index in [9.17, 15) is 0 Å². The number of hydrogen-bond donors (Lipinski definition) is 1. The normalized spacial score (nSPS) is 20.2. The van der Waals surface area contributed by atoms with Crippen molar-refractivity contribution < 1.29 is 0 Å². The lowest BCUT2D eigenvalue weighted by Crippen LogP contribution is -2.37. The summed E-state index contributed by atoms with van der Waals surface area (Å²) in [6.45, 7) is 8.20. The van der Waals surface area contributed by atoms with Gasteiger partial charge in [0.05, 0.1) is 0 Å². The minimum atomic E-state index is 0.624. The van der Waals surface area contributed by atoms with E-state index in [0.29, 0.717) is 17.9 Å². The fraction of sp³-hybridized carbons (Fsp3) is 0.700. The molecule has 0 aromatic heterocycles. The smallest absolute Gasteiger partial charge is 0.00672 e. The Morgan fingerprint density at radius 3 is 2.14 bits per heavy atom. The molecule has 0 amide bonds. The maximum atomic E-state index is 3.86. The van der Waals surface area contributed by atoms with Crippen molar-refractivity contribution in [1.82, 2.24) is 5.32 Å². The van der Waals surface area contributed by atoms with Crippen LogP contribution in [0.15, 0.2) is 30.3 Å². The lowest BCUT2D eigenvalue weighted by molar-refractivity contribution is 0.320. The molecule has 2 rings (SSSR count). The first-order chi connectivity index (χ1) is 10.2. The summed E-state index contributed by atoms with van der Waals surface area (Å²) < 4.78 is 0. The van der Waals surface area contributed by atoms with Crippen LogP contribution < -0.4 is 5.32 Å². The predicted molar refractivity (Wildman–Crippen MR) is 92.7 cm³/mol. The molecule has 1 aliphatic rings. The van der Waals surface area contributed by atoms with Crippen LogP contribution in [0.25, 0.3) is 0 Å². The first-order valence-electron chi connectivity index (χ1n) is 8.97. The molecule has 1 aromatic rings. The first-order valence-corrected chi connectivity index (χ1v) is 8.97. The third-order valence-electron chi connectivity index (χ3n) is 5.30. The Labute approximate surface area is 131 Å². The highest BCUT2D eigenvalue weighted by atomic mass is 14.9. The van der Waals surface area contributed by atoms with Gasteiger partial charge in [-0.05, 0) is 43.1 Å². The average Bonchev–Trinajstić information content (AvgIpc) is 2.77. The van der Waals surface area contributed by atoms with Gasteiger partial charge in [-0.2, -0.15) is 0 Å². The maximum absolute atomic E-state index is 3.86. The topological polar surface area (TPSA) is 12.0 Å². The standard InChI is InChI=1S/C20H33N/c1-16(2)20(19-13-9-6-10-14-19)15-21-17(3)18-11-7-4-5-8-12-18/h6,9-10,13-14,16-18,20-21H,4-5,7-8,11-12,15H2,1-3H3/t17-,20?/m0/s1. The molecule has 0 heterocycles. The van der Waals surface area contributed by atoms with Gasteiger partial charge < -0.3 is 5.32 Å². The van der Waals surface area contributed by atoms with Gasteiger partial charge in [0.1, 0.15) is 0 Å². The van der Waals surface area contributed by atoms with Crippen molar-refractivity contribution in [1.29, 1.82) is 0 Å². The van der Waals surface area contributed by atoms with Gasteiger partial charge in [-0.1, -0.05) is 69.9 Å². The Hall–Kier alpha value is -0.820. The summed E-state index contributed by atoms with van der Waals surface area (Å²) in [5.41, 5.74) is 1.48. The molecule has 21 heavy (non-hydrogen) atoms. The molecule has 1 unspecified atom stereocenters. The minimum absolute atomic E-state index is 0.624. The molecule has 1 heteroatoms. The molecule has 1 aliphatic carbocycles. The van der Waals surface area contributed by atoms with E-state index in [2.05, 4.69) is 56.4 Å². The van der Waals surface area contributed by atoms with E-state index in [1.165, 1.54) is 44.1 Å². The summed E-state index contributed by atoms with van der Waals surface area (Å²) in [6.07, 6.45) is 8.60. The zero-order chi connectivity index (χ0) is 15.1. The highest BCUT2D eigenvalue weighted by Gasteiger charge is 2.21. The van der Waals surface area contributed by atoms with Crippen LogP contribution in [0.1, 0.15) is 70.8 Å². The molecule has 118 valence electrons. The molecule has 0 radical (unpaired) electrons.